The lowest BCUT2D eigenvalue weighted by Gasteiger charge is -2.26. The molecule has 0 aliphatic carbocycles. The van der Waals surface area contributed by atoms with Crippen LogP contribution in [0.15, 0.2) is 42.0 Å². The Morgan fingerprint density at radius 1 is 0.933 bits per heavy atom. The maximum absolute atomic E-state index is 13.1. The normalized spacial score (nSPS) is 15.3. The average Bonchev–Trinajstić information content (AvgIpc) is 2.74. The van der Waals surface area contributed by atoms with Crippen LogP contribution < -0.4 is 19.5 Å². The van der Waals surface area contributed by atoms with E-state index in [1.54, 1.807) is 12.1 Å². The van der Waals surface area contributed by atoms with Crippen LogP contribution in [0.3, 0.4) is 0 Å². The number of carbonyl (C=O) groups excluding carboxylic acids is 3. The standard InChI is InChI=1S/C21H19FN2O6/c1-28-16-10-18(30-3)17(29-2)9-13(16)8-15-19(25)23-21(27)24(20(15)26)11-12-4-6-14(22)7-5-12/h4-10H,11H2,1-3H3,(H,23,25,27)/b15-8+. The minimum absolute atomic E-state index is 0.126. The Kier molecular flexibility index (Phi) is 6.01. The van der Waals surface area contributed by atoms with Crippen LogP contribution in [0.4, 0.5) is 9.18 Å². The molecular formula is C21H19FN2O6. The molecule has 4 amide bonds. The molecule has 8 nitrogen and oxygen atoms in total. The number of benzene rings is 2. The van der Waals surface area contributed by atoms with Gasteiger partial charge in [-0.3, -0.25) is 19.8 Å². The van der Waals surface area contributed by atoms with Gasteiger partial charge in [-0.25, -0.2) is 9.18 Å². The summed E-state index contributed by atoms with van der Waals surface area (Å²) >= 11 is 0. The molecule has 1 saturated heterocycles. The highest BCUT2D eigenvalue weighted by Gasteiger charge is 2.36. The van der Waals surface area contributed by atoms with Crippen LogP contribution in [0.25, 0.3) is 6.08 Å². The fourth-order valence-corrected chi connectivity index (χ4v) is 2.93. The van der Waals surface area contributed by atoms with E-state index >= 15 is 0 Å². The van der Waals surface area contributed by atoms with E-state index in [4.69, 9.17) is 14.2 Å². The minimum atomic E-state index is -0.856. The molecule has 1 aliphatic heterocycles. The maximum Gasteiger partial charge on any atom is 0.331 e. The Hall–Kier alpha value is -3.88. The number of nitrogens with zero attached hydrogens (tertiary/aromatic N) is 1. The molecule has 1 fully saturated rings. The summed E-state index contributed by atoms with van der Waals surface area (Å²) in [6, 6.07) is 7.59. The van der Waals surface area contributed by atoms with E-state index in [2.05, 4.69) is 5.32 Å². The van der Waals surface area contributed by atoms with Crippen LogP contribution in [0, 0.1) is 5.82 Å². The molecule has 2 aromatic carbocycles. The molecular weight excluding hydrogens is 395 g/mol. The van der Waals surface area contributed by atoms with Gasteiger partial charge in [-0.05, 0) is 29.8 Å². The molecule has 0 aromatic heterocycles. The Balaban J connectivity index is 1.99. The molecule has 2 aromatic rings. The molecule has 156 valence electrons. The van der Waals surface area contributed by atoms with Gasteiger partial charge in [0.15, 0.2) is 11.5 Å². The topological polar surface area (TPSA) is 94.2 Å². The fourth-order valence-electron chi connectivity index (χ4n) is 2.93. The van der Waals surface area contributed by atoms with Gasteiger partial charge in [0.1, 0.15) is 17.1 Å². The van der Waals surface area contributed by atoms with Crippen molar-refractivity contribution in [3.8, 4) is 17.2 Å². The molecule has 1 aliphatic rings. The van der Waals surface area contributed by atoms with Crippen molar-refractivity contribution in [2.75, 3.05) is 21.3 Å². The highest BCUT2D eigenvalue weighted by atomic mass is 19.1. The summed E-state index contributed by atoms with van der Waals surface area (Å²) in [6.07, 6.45) is 1.31. The van der Waals surface area contributed by atoms with Crippen molar-refractivity contribution >= 4 is 23.9 Å². The first kappa shape index (κ1) is 20.8. The highest BCUT2D eigenvalue weighted by Crippen LogP contribution is 2.36. The zero-order valence-electron chi connectivity index (χ0n) is 16.5. The number of halogens is 1. The summed E-state index contributed by atoms with van der Waals surface area (Å²) in [4.78, 5) is 38.3. The lowest BCUT2D eigenvalue weighted by atomic mass is 10.1. The second kappa shape index (κ2) is 8.64. The molecule has 1 N–H and O–H groups in total. The molecule has 9 heteroatoms. The van der Waals surface area contributed by atoms with Gasteiger partial charge in [0.2, 0.25) is 0 Å². The molecule has 0 atom stereocenters. The first-order chi connectivity index (χ1) is 14.4. The van der Waals surface area contributed by atoms with Crippen molar-refractivity contribution < 1.29 is 33.0 Å². The third-order valence-electron chi connectivity index (χ3n) is 4.48. The molecule has 3 rings (SSSR count). The van der Waals surface area contributed by atoms with Crippen molar-refractivity contribution in [2.45, 2.75) is 6.54 Å². The van der Waals surface area contributed by atoms with Crippen molar-refractivity contribution in [3.05, 3.63) is 58.9 Å². The first-order valence-electron chi connectivity index (χ1n) is 8.81. The van der Waals surface area contributed by atoms with Crippen molar-refractivity contribution in [1.82, 2.24) is 10.2 Å². The van der Waals surface area contributed by atoms with Crippen LogP contribution in [0.1, 0.15) is 11.1 Å². The summed E-state index contributed by atoms with van der Waals surface area (Å²) in [5.74, 6) is -0.952. The molecule has 0 unspecified atom stereocenters. The average molecular weight is 414 g/mol. The number of imide groups is 2. The van der Waals surface area contributed by atoms with Crippen LogP contribution in [0.5, 0.6) is 17.2 Å². The Morgan fingerprint density at radius 2 is 1.53 bits per heavy atom. The van der Waals surface area contributed by atoms with Gasteiger partial charge >= 0.3 is 6.03 Å². The first-order valence-corrected chi connectivity index (χ1v) is 8.81. The smallest absolute Gasteiger partial charge is 0.331 e. The van der Waals surface area contributed by atoms with Gasteiger partial charge in [-0.1, -0.05) is 12.1 Å². The third kappa shape index (κ3) is 4.09. The summed E-state index contributed by atoms with van der Waals surface area (Å²) < 4.78 is 28.9. The number of barbiturate groups is 1. The van der Waals surface area contributed by atoms with Crippen LogP contribution in [-0.4, -0.2) is 44.1 Å². The van der Waals surface area contributed by atoms with E-state index in [0.717, 1.165) is 4.90 Å². The van der Waals surface area contributed by atoms with Crippen LogP contribution in [0.2, 0.25) is 0 Å². The molecule has 1 heterocycles. The quantitative estimate of drug-likeness (QED) is 0.577. The van der Waals surface area contributed by atoms with E-state index in [1.807, 2.05) is 0 Å². The number of methoxy groups -OCH3 is 3. The molecule has 30 heavy (non-hydrogen) atoms. The summed E-state index contributed by atoms with van der Waals surface area (Å²) in [5, 5.41) is 2.14. The van der Waals surface area contributed by atoms with Gasteiger partial charge in [-0.2, -0.15) is 0 Å². The second-order valence-electron chi connectivity index (χ2n) is 6.28. The Bertz CT molecular complexity index is 1030. The fraction of sp³-hybridized carbons (Fsp3) is 0.190. The van der Waals surface area contributed by atoms with E-state index in [-0.39, 0.29) is 12.1 Å². The van der Waals surface area contributed by atoms with Gasteiger partial charge < -0.3 is 14.2 Å². The summed E-state index contributed by atoms with van der Waals surface area (Å²) in [6.45, 7) is -0.126. The highest BCUT2D eigenvalue weighted by molar-refractivity contribution is 6.31. The number of carbonyl (C=O) groups is 3. The predicted molar refractivity (Wildman–Crippen MR) is 105 cm³/mol. The minimum Gasteiger partial charge on any atom is -0.496 e. The van der Waals surface area contributed by atoms with Crippen LogP contribution >= 0.6 is 0 Å². The van der Waals surface area contributed by atoms with Crippen molar-refractivity contribution in [3.63, 3.8) is 0 Å². The predicted octanol–water partition coefficient (Wildman–Crippen LogP) is 2.51. The zero-order valence-corrected chi connectivity index (χ0v) is 16.5. The molecule has 0 saturated carbocycles. The lowest BCUT2D eigenvalue weighted by Crippen LogP contribution is -2.53. The molecule has 0 spiro atoms. The molecule has 0 bridgehead atoms. The van der Waals surface area contributed by atoms with E-state index < -0.39 is 23.7 Å². The number of amides is 4. The Morgan fingerprint density at radius 3 is 2.13 bits per heavy atom. The number of rotatable bonds is 6. The van der Waals surface area contributed by atoms with Crippen molar-refractivity contribution in [1.29, 1.82) is 0 Å². The summed E-state index contributed by atoms with van der Waals surface area (Å²) in [5.41, 5.74) is 0.643. The zero-order chi connectivity index (χ0) is 21.8. The largest absolute Gasteiger partial charge is 0.496 e. The van der Waals surface area contributed by atoms with Gasteiger partial charge in [0.25, 0.3) is 11.8 Å². The summed E-state index contributed by atoms with van der Waals surface area (Å²) in [7, 11) is 4.34. The Labute approximate surface area is 171 Å². The van der Waals surface area contributed by atoms with Gasteiger partial charge in [0.05, 0.1) is 27.9 Å². The lowest BCUT2D eigenvalue weighted by molar-refractivity contribution is -0.130. The molecule has 0 radical (unpaired) electrons. The number of nitrogens with one attached hydrogen (secondary N) is 1. The monoisotopic (exact) mass is 414 g/mol. The van der Waals surface area contributed by atoms with Gasteiger partial charge in [-0.15, -0.1) is 0 Å². The van der Waals surface area contributed by atoms with E-state index in [0.29, 0.717) is 28.4 Å². The third-order valence-corrected chi connectivity index (χ3v) is 4.48. The maximum atomic E-state index is 13.1. The number of hydrogen-bond donors (Lipinski definition) is 1. The number of urea groups is 1. The number of hydrogen-bond acceptors (Lipinski definition) is 6. The van der Waals surface area contributed by atoms with E-state index in [9.17, 15) is 18.8 Å². The number of ether oxygens (including phenoxy) is 3. The van der Waals surface area contributed by atoms with Crippen molar-refractivity contribution in [2.24, 2.45) is 0 Å². The van der Waals surface area contributed by atoms with E-state index in [1.165, 1.54) is 51.7 Å². The SMILES string of the molecule is COc1cc(OC)c(OC)cc1/C=C1\C(=O)NC(=O)N(Cc2ccc(F)cc2)C1=O. The van der Waals surface area contributed by atoms with Gasteiger partial charge in [0, 0.05) is 11.6 Å². The second-order valence-corrected chi connectivity index (χ2v) is 6.28. The van der Waals surface area contributed by atoms with Crippen LogP contribution in [-0.2, 0) is 16.1 Å².